The van der Waals surface area contributed by atoms with Crippen LogP contribution in [-0.2, 0) is 5.41 Å². The quantitative estimate of drug-likeness (QED) is 0.198. The van der Waals surface area contributed by atoms with Gasteiger partial charge in [0.1, 0.15) is 5.52 Å². The van der Waals surface area contributed by atoms with Crippen LogP contribution in [-0.4, -0.2) is 11.2 Å². The minimum absolute atomic E-state index is 0.0550. The summed E-state index contributed by atoms with van der Waals surface area (Å²) in [6.45, 7) is 6.68. The van der Waals surface area contributed by atoms with Gasteiger partial charge < -0.3 is 4.42 Å². The largest absolute Gasteiger partial charge is 0.436 e. The van der Waals surface area contributed by atoms with Gasteiger partial charge in [0.2, 0.25) is 5.89 Å². The summed E-state index contributed by atoms with van der Waals surface area (Å²) in [4.78, 5) is 10.0. The van der Waals surface area contributed by atoms with Crippen LogP contribution >= 0.6 is 0 Å². The van der Waals surface area contributed by atoms with Gasteiger partial charge in [0.15, 0.2) is 5.58 Å². The first-order chi connectivity index (χ1) is 20.9. The molecule has 0 N–H and O–H groups in total. The lowest BCUT2D eigenvalue weighted by Crippen LogP contribution is -2.11. The van der Waals surface area contributed by atoms with E-state index in [0.29, 0.717) is 5.89 Å². The lowest BCUT2D eigenvalue weighted by molar-refractivity contribution is 0.584. The van der Waals surface area contributed by atoms with Gasteiger partial charge in [-0.05, 0) is 62.7 Å². The smallest absolute Gasteiger partial charge is 0.229 e. The van der Waals surface area contributed by atoms with Gasteiger partial charge in [0.25, 0.3) is 0 Å². The molecule has 6 aromatic carbocycles. The molecule has 3 nitrogen and oxygen atoms in total. The lowest BCUT2D eigenvalue weighted by atomic mass is 9.85. The number of para-hydroxylation sites is 1. The average Bonchev–Trinajstić information content (AvgIpc) is 3.48. The monoisotopic (exact) mass is 556 g/mol. The maximum Gasteiger partial charge on any atom is 0.229 e. The van der Waals surface area contributed by atoms with E-state index in [1.165, 1.54) is 27.5 Å². The first kappa shape index (κ1) is 26.6. The van der Waals surface area contributed by atoms with E-state index in [-0.39, 0.29) is 5.41 Å². The Kier molecular flexibility index (Phi) is 6.71. The second-order valence-corrected chi connectivity index (χ2v) is 11.9. The highest BCUT2D eigenvalue weighted by atomic mass is 16.3. The summed E-state index contributed by atoms with van der Waals surface area (Å²) >= 11 is 0. The summed E-state index contributed by atoms with van der Waals surface area (Å²) in [5.41, 5.74) is 10.1. The predicted molar refractivity (Wildman–Crippen MR) is 180 cm³/mol. The van der Waals surface area contributed by atoms with Crippen molar-refractivity contribution in [2.75, 3.05) is 0 Å². The SMILES string of the molecule is CC(C)(C)c1cc(-c2ccc(-c3ccccc3)cc2)c2nc(-c3ccccc3N=Cc3cccc4ccccc34)oc2c1. The molecule has 0 spiro atoms. The highest BCUT2D eigenvalue weighted by Crippen LogP contribution is 2.39. The summed E-state index contributed by atoms with van der Waals surface area (Å²) in [7, 11) is 0. The van der Waals surface area contributed by atoms with Crippen LogP contribution in [0.1, 0.15) is 31.9 Å². The van der Waals surface area contributed by atoms with Gasteiger partial charge in [-0.2, -0.15) is 0 Å². The van der Waals surface area contributed by atoms with Crippen molar-refractivity contribution in [3.63, 3.8) is 0 Å². The fourth-order valence-corrected chi connectivity index (χ4v) is 5.54. The van der Waals surface area contributed by atoms with E-state index in [9.17, 15) is 0 Å². The molecule has 1 aromatic heterocycles. The number of rotatable bonds is 5. The third kappa shape index (κ3) is 5.26. The van der Waals surface area contributed by atoms with Crippen molar-refractivity contribution in [2.24, 2.45) is 4.99 Å². The van der Waals surface area contributed by atoms with Gasteiger partial charge >= 0.3 is 0 Å². The minimum atomic E-state index is -0.0550. The fourth-order valence-electron chi connectivity index (χ4n) is 5.54. The summed E-state index contributed by atoms with van der Waals surface area (Å²) < 4.78 is 6.52. The maximum absolute atomic E-state index is 6.52. The van der Waals surface area contributed by atoms with Crippen LogP contribution in [0.4, 0.5) is 5.69 Å². The molecule has 0 amide bonds. The molecule has 43 heavy (non-hydrogen) atoms. The molecule has 0 unspecified atom stereocenters. The number of nitrogens with zero attached hydrogens (tertiary/aromatic N) is 2. The van der Waals surface area contributed by atoms with E-state index in [2.05, 4.69) is 124 Å². The fraction of sp³-hybridized carbons (Fsp3) is 0.100. The molecule has 0 atom stereocenters. The number of hydrogen-bond acceptors (Lipinski definition) is 3. The van der Waals surface area contributed by atoms with E-state index in [4.69, 9.17) is 14.4 Å². The van der Waals surface area contributed by atoms with Crippen LogP contribution < -0.4 is 0 Å². The molecule has 0 aliphatic carbocycles. The van der Waals surface area contributed by atoms with Crippen LogP contribution in [0.3, 0.4) is 0 Å². The average molecular weight is 557 g/mol. The van der Waals surface area contributed by atoms with E-state index in [1.807, 2.05) is 36.5 Å². The molecule has 0 fully saturated rings. The highest BCUT2D eigenvalue weighted by molar-refractivity contribution is 6.01. The Balaban J connectivity index is 1.32. The Bertz CT molecular complexity index is 2090. The molecule has 0 aliphatic rings. The van der Waals surface area contributed by atoms with Crippen molar-refractivity contribution in [2.45, 2.75) is 26.2 Å². The Morgan fingerprint density at radius 1 is 0.628 bits per heavy atom. The third-order valence-electron chi connectivity index (χ3n) is 7.96. The summed E-state index contributed by atoms with van der Waals surface area (Å²) in [5.74, 6) is 0.564. The summed E-state index contributed by atoms with van der Waals surface area (Å²) in [5, 5.41) is 2.36. The maximum atomic E-state index is 6.52. The molecule has 1 heterocycles. The van der Waals surface area contributed by atoms with Crippen molar-refractivity contribution in [3.8, 4) is 33.7 Å². The van der Waals surface area contributed by atoms with Crippen LogP contribution in [0.25, 0.3) is 55.6 Å². The predicted octanol–water partition coefficient (Wildman–Crippen LogP) is 11.0. The summed E-state index contributed by atoms with van der Waals surface area (Å²) in [6, 6.07) is 46.3. The van der Waals surface area contributed by atoms with Gasteiger partial charge in [0.05, 0.1) is 11.3 Å². The lowest BCUT2D eigenvalue weighted by Gasteiger charge is -2.20. The first-order valence-electron chi connectivity index (χ1n) is 14.7. The van der Waals surface area contributed by atoms with Gasteiger partial charge in [0, 0.05) is 17.3 Å². The first-order valence-corrected chi connectivity index (χ1v) is 14.7. The zero-order chi connectivity index (χ0) is 29.4. The van der Waals surface area contributed by atoms with E-state index in [0.717, 1.165) is 39.0 Å². The van der Waals surface area contributed by atoms with Crippen molar-refractivity contribution < 1.29 is 4.42 Å². The highest BCUT2D eigenvalue weighted by Gasteiger charge is 2.21. The normalized spacial score (nSPS) is 12.0. The number of fused-ring (bicyclic) bond motifs is 2. The molecular weight excluding hydrogens is 524 g/mol. The molecule has 3 heteroatoms. The number of benzene rings is 6. The zero-order valence-corrected chi connectivity index (χ0v) is 24.6. The Hall–Kier alpha value is -5.28. The van der Waals surface area contributed by atoms with Crippen LogP contribution in [0.15, 0.2) is 143 Å². The number of aromatic nitrogens is 1. The Morgan fingerprint density at radius 3 is 2.12 bits per heavy atom. The zero-order valence-electron chi connectivity index (χ0n) is 24.6. The van der Waals surface area contributed by atoms with E-state index in [1.54, 1.807) is 0 Å². The van der Waals surface area contributed by atoms with Gasteiger partial charge in [-0.1, -0.05) is 130 Å². The van der Waals surface area contributed by atoms with Gasteiger partial charge in [-0.25, -0.2) is 4.98 Å². The van der Waals surface area contributed by atoms with Gasteiger partial charge in [-0.15, -0.1) is 0 Å². The molecule has 208 valence electrons. The molecule has 0 bridgehead atoms. The molecule has 0 saturated carbocycles. The second-order valence-electron chi connectivity index (χ2n) is 11.9. The molecule has 0 saturated heterocycles. The number of hydrogen-bond donors (Lipinski definition) is 0. The molecule has 7 rings (SSSR count). The number of aliphatic imine (C=N–C) groups is 1. The number of oxazole rings is 1. The topological polar surface area (TPSA) is 38.4 Å². The standard InChI is InChI=1S/C40H32N2O/c1-40(2,3)32-24-35(30-22-20-28(21-23-30)27-12-5-4-6-13-27)38-37(25-32)43-39(42-38)34-18-9-10-19-36(34)41-26-31-16-11-15-29-14-7-8-17-33(29)31/h4-26H,1-3H3. The van der Waals surface area contributed by atoms with Crippen molar-refractivity contribution in [1.82, 2.24) is 4.98 Å². The molecule has 0 radical (unpaired) electrons. The van der Waals surface area contributed by atoms with Crippen LogP contribution in [0.5, 0.6) is 0 Å². The Morgan fingerprint density at radius 2 is 1.30 bits per heavy atom. The van der Waals surface area contributed by atoms with Crippen LogP contribution in [0, 0.1) is 0 Å². The van der Waals surface area contributed by atoms with Crippen molar-refractivity contribution in [3.05, 3.63) is 145 Å². The third-order valence-corrected chi connectivity index (χ3v) is 7.96. The van der Waals surface area contributed by atoms with Crippen molar-refractivity contribution >= 4 is 33.8 Å². The molecular formula is C40H32N2O. The summed E-state index contributed by atoms with van der Waals surface area (Å²) in [6.07, 6.45) is 1.93. The van der Waals surface area contributed by atoms with E-state index >= 15 is 0 Å². The second kappa shape index (κ2) is 10.8. The van der Waals surface area contributed by atoms with Gasteiger partial charge in [-0.3, -0.25) is 4.99 Å². The minimum Gasteiger partial charge on any atom is -0.436 e. The Labute approximate surface area is 252 Å². The van der Waals surface area contributed by atoms with E-state index < -0.39 is 0 Å². The van der Waals surface area contributed by atoms with Crippen LogP contribution in [0.2, 0.25) is 0 Å². The molecule has 7 aromatic rings. The van der Waals surface area contributed by atoms with Crippen molar-refractivity contribution in [1.29, 1.82) is 0 Å². The molecule has 0 aliphatic heterocycles.